The predicted octanol–water partition coefficient (Wildman–Crippen LogP) is 1.32. The Morgan fingerprint density at radius 1 is 1.17 bits per heavy atom. The molecule has 0 aliphatic heterocycles. The molecule has 3 N–H and O–H groups in total. The lowest BCUT2D eigenvalue weighted by atomic mass is 10.4. The van der Waals surface area contributed by atoms with Crippen molar-refractivity contribution in [2.24, 2.45) is 5.73 Å². The minimum Gasteiger partial charge on any atom is -0.382 e. The molecule has 0 fully saturated rings. The third kappa shape index (κ3) is 2.80. The quantitative estimate of drug-likeness (QED) is 0.490. The number of hydrogen-bond acceptors (Lipinski definition) is 6. The monoisotopic (exact) mass is 260 g/mol. The molecular formula is C11H12N6S. The largest absolute Gasteiger partial charge is 0.382 e. The predicted molar refractivity (Wildman–Crippen MR) is 68.7 cm³/mol. The molecule has 0 aliphatic rings. The molecule has 2 aromatic rings. The van der Waals surface area contributed by atoms with E-state index in [1.54, 1.807) is 6.20 Å². The molecule has 0 radical (unpaired) electrons. The van der Waals surface area contributed by atoms with Crippen molar-refractivity contribution >= 4 is 17.6 Å². The first-order chi connectivity index (χ1) is 8.56. The van der Waals surface area contributed by atoms with E-state index in [2.05, 4.69) is 19.9 Å². The third-order valence-electron chi connectivity index (χ3n) is 2.07. The number of amidine groups is 1. The van der Waals surface area contributed by atoms with Crippen LogP contribution in [0.15, 0.2) is 28.6 Å². The summed E-state index contributed by atoms with van der Waals surface area (Å²) in [5.41, 5.74) is 7.58. The molecule has 2 heterocycles. The molecule has 0 aliphatic carbocycles. The SMILES string of the molecule is Cc1cc(C)nc(Sc2nccnc2C(=N)N)n1. The molecule has 92 valence electrons. The van der Waals surface area contributed by atoms with Gasteiger partial charge in [-0.25, -0.2) is 19.9 Å². The van der Waals surface area contributed by atoms with Gasteiger partial charge in [-0.05, 0) is 31.7 Å². The number of aromatic nitrogens is 4. The van der Waals surface area contributed by atoms with E-state index < -0.39 is 0 Å². The highest BCUT2D eigenvalue weighted by atomic mass is 32.2. The van der Waals surface area contributed by atoms with Crippen LogP contribution in [0.5, 0.6) is 0 Å². The van der Waals surface area contributed by atoms with Gasteiger partial charge in [0, 0.05) is 23.8 Å². The maximum Gasteiger partial charge on any atom is 0.194 e. The maximum absolute atomic E-state index is 7.45. The van der Waals surface area contributed by atoms with Gasteiger partial charge in [-0.2, -0.15) is 0 Å². The van der Waals surface area contributed by atoms with Crippen molar-refractivity contribution in [3.8, 4) is 0 Å². The van der Waals surface area contributed by atoms with Gasteiger partial charge in [0.2, 0.25) is 0 Å². The van der Waals surface area contributed by atoms with Gasteiger partial charge >= 0.3 is 0 Å². The molecule has 0 bridgehead atoms. The normalized spacial score (nSPS) is 10.3. The van der Waals surface area contributed by atoms with Crippen LogP contribution in [0.1, 0.15) is 17.1 Å². The van der Waals surface area contributed by atoms with Gasteiger partial charge in [-0.3, -0.25) is 5.41 Å². The summed E-state index contributed by atoms with van der Waals surface area (Å²) < 4.78 is 0. The van der Waals surface area contributed by atoms with Crippen LogP contribution in [0.4, 0.5) is 0 Å². The average molecular weight is 260 g/mol. The second kappa shape index (κ2) is 5.09. The van der Waals surface area contributed by atoms with E-state index in [-0.39, 0.29) is 5.84 Å². The summed E-state index contributed by atoms with van der Waals surface area (Å²) in [4.78, 5) is 16.8. The molecule has 0 spiro atoms. The van der Waals surface area contributed by atoms with Crippen LogP contribution in [0.25, 0.3) is 0 Å². The summed E-state index contributed by atoms with van der Waals surface area (Å²) in [6.45, 7) is 3.81. The van der Waals surface area contributed by atoms with Gasteiger partial charge in [-0.15, -0.1) is 0 Å². The van der Waals surface area contributed by atoms with Crippen molar-refractivity contribution in [3.05, 3.63) is 35.5 Å². The topological polar surface area (TPSA) is 101 Å². The fourth-order valence-corrected chi connectivity index (χ4v) is 2.34. The Bertz CT molecular complexity index is 578. The summed E-state index contributed by atoms with van der Waals surface area (Å²) in [5.74, 6) is -0.116. The van der Waals surface area contributed by atoms with E-state index in [4.69, 9.17) is 11.1 Å². The zero-order valence-corrected chi connectivity index (χ0v) is 10.8. The maximum atomic E-state index is 7.45. The second-order valence-corrected chi connectivity index (χ2v) is 4.62. The zero-order chi connectivity index (χ0) is 13.1. The number of nitrogens with one attached hydrogen (secondary N) is 1. The van der Waals surface area contributed by atoms with Crippen LogP contribution in [-0.2, 0) is 0 Å². The fourth-order valence-electron chi connectivity index (χ4n) is 1.41. The number of aryl methyl sites for hydroxylation is 2. The van der Waals surface area contributed by atoms with Crippen molar-refractivity contribution in [1.82, 2.24) is 19.9 Å². The third-order valence-corrected chi connectivity index (χ3v) is 2.93. The van der Waals surface area contributed by atoms with Gasteiger partial charge in [0.25, 0.3) is 0 Å². The minimum atomic E-state index is -0.116. The van der Waals surface area contributed by atoms with Gasteiger partial charge < -0.3 is 5.73 Å². The van der Waals surface area contributed by atoms with Crippen LogP contribution in [0.3, 0.4) is 0 Å². The van der Waals surface area contributed by atoms with E-state index in [1.807, 2.05) is 19.9 Å². The molecule has 0 unspecified atom stereocenters. The summed E-state index contributed by atoms with van der Waals surface area (Å²) in [6.07, 6.45) is 3.06. The fraction of sp³-hybridized carbons (Fsp3) is 0.182. The Hall–Kier alpha value is -2.02. The van der Waals surface area contributed by atoms with Crippen LogP contribution in [0.2, 0.25) is 0 Å². The first kappa shape index (κ1) is 12.4. The molecule has 0 saturated heterocycles. The van der Waals surface area contributed by atoms with Gasteiger partial charge in [0.1, 0.15) is 16.6 Å². The Balaban J connectivity index is 2.37. The summed E-state index contributed by atoms with van der Waals surface area (Å²) in [6, 6.07) is 1.90. The smallest absolute Gasteiger partial charge is 0.194 e. The molecule has 0 atom stereocenters. The molecule has 0 saturated carbocycles. The van der Waals surface area contributed by atoms with Gasteiger partial charge in [0.05, 0.1) is 0 Å². The van der Waals surface area contributed by atoms with E-state index in [0.29, 0.717) is 15.9 Å². The molecule has 2 rings (SSSR count). The number of rotatable bonds is 3. The molecule has 0 aromatic carbocycles. The molecule has 6 nitrogen and oxygen atoms in total. The van der Waals surface area contributed by atoms with Crippen molar-refractivity contribution in [3.63, 3.8) is 0 Å². The highest BCUT2D eigenvalue weighted by Gasteiger charge is 2.11. The summed E-state index contributed by atoms with van der Waals surface area (Å²) >= 11 is 1.25. The highest BCUT2D eigenvalue weighted by Crippen LogP contribution is 2.24. The Kier molecular flexibility index (Phi) is 3.52. The highest BCUT2D eigenvalue weighted by molar-refractivity contribution is 7.99. The van der Waals surface area contributed by atoms with Crippen molar-refractivity contribution < 1.29 is 0 Å². The second-order valence-electron chi connectivity index (χ2n) is 3.66. The first-order valence-electron chi connectivity index (χ1n) is 5.22. The molecular weight excluding hydrogens is 248 g/mol. The Morgan fingerprint density at radius 3 is 2.39 bits per heavy atom. The summed E-state index contributed by atoms with van der Waals surface area (Å²) in [5, 5.41) is 8.56. The molecule has 7 heteroatoms. The lowest BCUT2D eigenvalue weighted by Gasteiger charge is -2.05. The number of nitrogens with zero attached hydrogens (tertiary/aromatic N) is 4. The lowest BCUT2D eigenvalue weighted by molar-refractivity contribution is 0.896. The van der Waals surface area contributed by atoms with Crippen LogP contribution >= 0.6 is 11.8 Å². The Morgan fingerprint density at radius 2 is 1.78 bits per heavy atom. The van der Waals surface area contributed by atoms with Crippen LogP contribution in [-0.4, -0.2) is 25.8 Å². The standard InChI is InChI=1S/C11H12N6S/c1-6-5-7(2)17-11(16-6)18-10-8(9(12)13)14-3-4-15-10/h3-5H,1-2H3,(H3,12,13). The average Bonchev–Trinajstić information content (AvgIpc) is 2.27. The van der Waals surface area contributed by atoms with Gasteiger partial charge in [-0.1, -0.05) is 0 Å². The van der Waals surface area contributed by atoms with E-state index in [1.165, 1.54) is 18.0 Å². The van der Waals surface area contributed by atoms with E-state index >= 15 is 0 Å². The van der Waals surface area contributed by atoms with Gasteiger partial charge in [0.15, 0.2) is 5.16 Å². The minimum absolute atomic E-state index is 0.116. The van der Waals surface area contributed by atoms with Crippen molar-refractivity contribution in [2.75, 3.05) is 0 Å². The number of nitrogen functional groups attached to an aromatic ring is 1. The number of hydrogen-bond donors (Lipinski definition) is 2. The lowest BCUT2D eigenvalue weighted by Crippen LogP contribution is -2.15. The van der Waals surface area contributed by atoms with E-state index in [0.717, 1.165) is 11.4 Å². The first-order valence-corrected chi connectivity index (χ1v) is 6.03. The summed E-state index contributed by atoms with van der Waals surface area (Å²) in [7, 11) is 0. The zero-order valence-electron chi connectivity index (χ0n) is 10.0. The molecule has 2 aromatic heterocycles. The molecule has 18 heavy (non-hydrogen) atoms. The van der Waals surface area contributed by atoms with Crippen LogP contribution in [0, 0.1) is 19.3 Å². The number of nitrogens with two attached hydrogens (primary N) is 1. The Labute approximate surface area is 109 Å². The van der Waals surface area contributed by atoms with E-state index in [9.17, 15) is 0 Å². The molecule has 0 amide bonds. The van der Waals surface area contributed by atoms with Crippen molar-refractivity contribution in [2.45, 2.75) is 24.0 Å². The van der Waals surface area contributed by atoms with Crippen LogP contribution < -0.4 is 5.73 Å². The van der Waals surface area contributed by atoms with Crippen molar-refractivity contribution in [1.29, 1.82) is 5.41 Å².